The SMILES string of the molecule is CC(CO)C(=S)OCCNC(=O)CCNC(=O)C(O)C(C)(C)COP(=O)(O)OOOP(=O)(O)OOOCC1O[C@H](n2cnc3c(N)ncnc32)C(O)C1OP(=O)(O)O. The van der Waals surface area contributed by atoms with E-state index in [1.54, 1.807) is 6.92 Å². The lowest BCUT2D eigenvalue weighted by atomic mass is 9.87. The molecular weight excluding hydrogens is 875 g/mol. The van der Waals surface area contributed by atoms with Crippen LogP contribution in [0.2, 0.25) is 0 Å². The number of hydrogen-bond donors (Lipinski definition) is 10. The van der Waals surface area contributed by atoms with Crippen molar-refractivity contribution in [2.24, 2.45) is 11.3 Å². The van der Waals surface area contributed by atoms with E-state index < -0.39 is 84.6 Å². The Morgan fingerprint density at radius 3 is 2.40 bits per heavy atom. The Labute approximate surface area is 332 Å². The van der Waals surface area contributed by atoms with Crippen LogP contribution in [0, 0.1) is 11.3 Å². The zero-order valence-electron chi connectivity index (χ0n) is 30.4. The number of phosphoric ester groups is 2. The third-order valence-corrected chi connectivity index (χ3v) is 9.71. The minimum atomic E-state index is -5.51. The van der Waals surface area contributed by atoms with Crippen LogP contribution in [0.5, 0.6) is 0 Å². The van der Waals surface area contributed by atoms with E-state index in [0.29, 0.717) is 0 Å². The molecule has 2 amide bonds. The fourth-order valence-electron chi connectivity index (χ4n) is 4.43. The first kappa shape index (κ1) is 49.6. The maximum atomic E-state index is 12.4. The van der Waals surface area contributed by atoms with E-state index in [4.69, 9.17) is 32.5 Å². The predicted molar refractivity (Wildman–Crippen MR) is 189 cm³/mol. The van der Waals surface area contributed by atoms with Crippen molar-refractivity contribution in [3.05, 3.63) is 12.7 Å². The lowest BCUT2D eigenvalue weighted by Gasteiger charge is -2.29. The maximum Gasteiger partial charge on any atom is 0.531 e. The summed E-state index contributed by atoms with van der Waals surface area (Å²) in [5.41, 5.74) is 4.33. The Hall–Kier alpha value is -2.77. The number of amides is 2. The molecule has 2 aromatic heterocycles. The Morgan fingerprint density at radius 2 is 1.72 bits per heavy atom. The van der Waals surface area contributed by atoms with Crippen LogP contribution in [-0.4, -0.2) is 135 Å². The van der Waals surface area contributed by atoms with Crippen molar-refractivity contribution in [2.75, 3.05) is 45.3 Å². The summed E-state index contributed by atoms with van der Waals surface area (Å²) in [5, 5.41) is 43.1. The maximum absolute atomic E-state index is 12.4. The van der Waals surface area contributed by atoms with Gasteiger partial charge in [-0.05, 0) is 17.3 Å². The monoisotopic (exact) mass is 917 g/mol. The number of imidazole rings is 1. The van der Waals surface area contributed by atoms with E-state index in [1.165, 1.54) is 13.8 Å². The number of nitrogens with two attached hydrogens (primary N) is 1. The topological polar surface area (TPSA) is 413 Å². The highest BCUT2D eigenvalue weighted by atomic mass is 32.1. The molecule has 0 aliphatic carbocycles. The molecule has 7 unspecified atom stereocenters. The van der Waals surface area contributed by atoms with Gasteiger partial charge in [0.25, 0.3) is 0 Å². The van der Waals surface area contributed by atoms with E-state index in [2.05, 4.69) is 63.6 Å². The molecule has 2 aromatic rings. The van der Waals surface area contributed by atoms with Gasteiger partial charge in [0.05, 0.1) is 26.1 Å². The van der Waals surface area contributed by atoms with Crippen LogP contribution < -0.4 is 16.4 Å². The molecule has 0 radical (unpaired) electrons. The first-order valence-corrected chi connectivity index (χ1v) is 21.2. The Morgan fingerprint density at radius 1 is 1.05 bits per heavy atom. The number of aliphatic hydroxyl groups excluding tert-OH is 3. The van der Waals surface area contributed by atoms with Gasteiger partial charge in [0.1, 0.15) is 49.5 Å². The van der Waals surface area contributed by atoms with Crippen LogP contribution >= 0.6 is 35.7 Å². The summed E-state index contributed by atoms with van der Waals surface area (Å²) < 4.78 is 68.8. The van der Waals surface area contributed by atoms with Crippen LogP contribution in [0.3, 0.4) is 0 Å². The molecule has 0 aromatic carbocycles. The molecule has 29 nitrogen and oxygen atoms in total. The van der Waals surface area contributed by atoms with Gasteiger partial charge in [-0.1, -0.05) is 39.8 Å². The van der Waals surface area contributed by atoms with Gasteiger partial charge in [-0.3, -0.25) is 28.1 Å². The summed E-state index contributed by atoms with van der Waals surface area (Å²) in [6.45, 7) is 2.14. The van der Waals surface area contributed by atoms with Gasteiger partial charge in [-0.25, -0.2) is 33.5 Å². The second kappa shape index (κ2) is 21.7. The number of fused-ring (bicyclic) bond motifs is 1. The van der Waals surface area contributed by atoms with Gasteiger partial charge >= 0.3 is 23.5 Å². The summed E-state index contributed by atoms with van der Waals surface area (Å²) in [6.07, 6.45) is -6.50. The molecule has 3 heterocycles. The molecule has 33 heteroatoms. The molecule has 0 saturated carbocycles. The molecule has 0 spiro atoms. The van der Waals surface area contributed by atoms with Crippen molar-refractivity contribution >= 4 is 69.5 Å². The smallest absolute Gasteiger partial charge is 0.485 e. The Kier molecular flexibility index (Phi) is 18.5. The number of ether oxygens (including phenoxy) is 2. The summed E-state index contributed by atoms with van der Waals surface area (Å²) >= 11 is 4.96. The van der Waals surface area contributed by atoms with Crippen molar-refractivity contribution in [3.8, 4) is 0 Å². The fraction of sp³-hybridized carbons (Fsp3) is 0.680. The highest BCUT2D eigenvalue weighted by Gasteiger charge is 2.49. The van der Waals surface area contributed by atoms with Gasteiger partial charge in [0.2, 0.25) is 11.8 Å². The summed E-state index contributed by atoms with van der Waals surface area (Å²) in [5.74, 6) is -1.83. The van der Waals surface area contributed by atoms with E-state index in [9.17, 15) is 53.1 Å². The number of nitrogen functional groups attached to an aromatic ring is 1. The second-order valence-corrected chi connectivity index (χ2v) is 16.8. The molecule has 330 valence electrons. The quantitative estimate of drug-likeness (QED) is 0.0171. The molecule has 0 bridgehead atoms. The van der Waals surface area contributed by atoms with Crippen molar-refractivity contribution in [2.45, 2.75) is 57.8 Å². The number of aliphatic hydroxyl groups is 3. The first-order chi connectivity index (χ1) is 27.0. The number of carbonyl (C=O) groups excluding carboxylic acids is 2. The lowest BCUT2D eigenvalue weighted by Crippen LogP contribution is -2.46. The zero-order valence-corrected chi connectivity index (χ0v) is 33.9. The van der Waals surface area contributed by atoms with Gasteiger partial charge in [-0.2, -0.15) is 0 Å². The second-order valence-electron chi connectivity index (χ2n) is 12.6. The number of thiocarbonyl (C=S) groups is 1. The number of aromatic nitrogens is 4. The van der Waals surface area contributed by atoms with Crippen LogP contribution in [0.1, 0.15) is 33.4 Å². The van der Waals surface area contributed by atoms with Gasteiger partial charge in [0.15, 0.2) is 22.7 Å². The lowest BCUT2D eigenvalue weighted by molar-refractivity contribution is -0.494. The average Bonchev–Trinajstić information content (AvgIpc) is 3.70. The van der Waals surface area contributed by atoms with Crippen LogP contribution in [0.15, 0.2) is 12.7 Å². The minimum Gasteiger partial charge on any atom is -0.485 e. The molecule has 3 rings (SSSR count). The number of hydrogen-bond acceptors (Lipinski definition) is 23. The molecule has 1 aliphatic rings. The van der Waals surface area contributed by atoms with Gasteiger partial charge in [-0.15, -0.1) is 0 Å². The normalized spacial score (nSPS) is 21.8. The molecule has 1 saturated heterocycles. The predicted octanol–water partition coefficient (Wildman–Crippen LogP) is -1.90. The molecule has 1 aliphatic heterocycles. The third kappa shape index (κ3) is 15.4. The van der Waals surface area contributed by atoms with E-state index in [-0.39, 0.29) is 60.7 Å². The van der Waals surface area contributed by atoms with Crippen LogP contribution in [0.25, 0.3) is 11.2 Å². The minimum absolute atomic E-state index is 0.0287. The number of nitrogens with zero attached hydrogens (tertiary/aromatic N) is 4. The van der Waals surface area contributed by atoms with E-state index in [0.717, 1.165) is 17.2 Å². The summed E-state index contributed by atoms with van der Waals surface area (Å²) in [4.78, 5) is 78.9. The molecule has 1 fully saturated rings. The standard InChI is InChI=1S/C25H42N7O22P3S/c1-13(8-33)24(58)45-7-6-27-15(34)4-5-28-22(37)19(36)25(2,3)10-47-56(41,42)53-51-54-57(43,44)52-50-46-9-14-18(49-55(38,39)40)17(35)23(48-14)32-12-31-16-20(26)29-11-30-21(16)32/h11-14,17-19,23,33,35-36H,4-10H2,1-3H3,(H,27,34)(H,28,37)(H,41,42)(H,43,44)(H2,26,29,30)(H2,38,39,40)/t13?,14?,17?,18?,19?,23-/m0/s1. The van der Waals surface area contributed by atoms with Crippen molar-refractivity contribution < 1.29 is 106 Å². The Bertz CT molecular complexity index is 1850. The first-order valence-electron chi connectivity index (χ1n) is 16.3. The van der Waals surface area contributed by atoms with Crippen LogP contribution in [0.4, 0.5) is 5.82 Å². The van der Waals surface area contributed by atoms with Crippen LogP contribution in [-0.2, 0) is 70.8 Å². The van der Waals surface area contributed by atoms with E-state index >= 15 is 0 Å². The average molecular weight is 918 g/mol. The highest BCUT2D eigenvalue weighted by molar-refractivity contribution is 7.80. The fourth-order valence-corrected chi connectivity index (χ4v) is 6.11. The molecule has 58 heavy (non-hydrogen) atoms. The van der Waals surface area contributed by atoms with Crippen molar-refractivity contribution in [3.63, 3.8) is 0 Å². The van der Waals surface area contributed by atoms with Crippen molar-refractivity contribution in [1.82, 2.24) is 30.2 Å². The van der Waals surface area contributed by atoms with Gasteiger partial charge in [0, 0.05) is 24.3 Å². The number of rotatable bonds is 25. The Balaban J connectivity index is 1.39. The summed E-state index contributed by atoms with van der Waals surface area (Å²) in [6, 6.07) is 0. The number of nitrogens with one attached hydrogen (secondary N) is 2. The number of carbonyl (C=O) groups is 2. The molecular formula is C25H42N7O22P3S. The number of anilines is 1. The third-order valence-electron chi connectivity index (χ3n) is 7.47. The highest BCUT2D eigenvalue weighted by Crippen LogP contribution is 2.50. The zero-order chi connectivity index (χ0) is 43.5. The molecule has 11 N–H and O–H groups in total. The van der Waals surface area contributed by atoms with Crippen molar-refractivity contribution in [1.29, 1.82) is 0 Å². The largest absolute Gasteiger partial charge is 0.531 e. The van der Waals surface area contributed by atoms with Gasteiger partial charge < -0.3 is 55.8 Å². The summed E-state index contributed by atoms with van der Waals surface area (Å²) in [7, 11) is -16.1. The number of phosphoric acid groups is 3. The van der Waals surface area contributed by atoms with E-state index in [1.807, 2.05) is 0 Å². The molecule has 8 atom stereocenters.